The second kappa shape index (κ2) is 9.35. The molecule has 160 valence electrons. The molecule has 0 saturated heterocycles. The van der Waals surface area contributed by atoms with E-state index in [1.54, 1.807) is 0 Å². The average Bonchev–Trinajstić information content (AvgIpc) is 2.71. The number of nitrogens with zero attached hydrogens (tertiary/aromatic N) is 1. The first-order valence-corrected chi connectivity index (χ1v) is 8.49. The Bertz CT molecular complexity index is 913. The number of carbonyl (C=O) groups excluding carboxylic acids is 2. The van der Waals surface area contributed by atoms with Crippen molar-refractivity contribution in [2.24, 2.45) is 0 Å². The van der Waals surface area contributed by atoms with Crippen LogP contribution in [0.1, 0.15) is 22.8 Å². The quantitative estimate of drug-likeness (QED) is 0.399. The number of aliphatic hydroxyl groups excluding tert-OH is 1. The van der Waals surface area contributed by atoms with Gasteiger partial charge in [-0.15, -0.1) is 0 Å². The van der Waals surface area contributed by atoms with Crippen molar-refractivity contribution in [3.63, 3.8) is 0 Å². The topological polar surface area (TPSA) is 119 Å². The van der Waals surface area contributed by atoms with Crippen LogP contribution in [0.2, 0.25) is 0 Å². The van der Waals surface area contributed by atoms with Gasteiger partial charge in [-0.3, -0.25) is 14.9 Å². The second-order valence-electron chi connectivity index (χ2n) is 6.23. The maximum Gasteiger partial charge on any atom is 0.416 e. The van der Waals surface area contributed by atoms with Crippen molar-refractivity contribution in [1.82, 2.24) is 5.32 Å². The van der Waals surface area contributed by atoms with Gasteiger partial charge in [0.05, 0.1) is 17.6 Å². The molecule has 0 fully saturated rings. The highest BCUT2D eigenvalue weighted by Crippen LogP contribution is 2.30. The molecule has 0 heterocycles. The molecule has 0 aliphatic rings. The van der Waals surface area contributed by atoms with E-state index in [0.29, 0.717) is 5.56 Å². The van der Waals surface area contributed by atoms with E-state index in [9.17, 15) is 38.0 Å². The summed E-state index contributed by atoms with van der Waals surface area (Å²) in [6.07, 6.45) is -6.47. The van der Waals surface area contributed by atoms with Gasteiger partial charge in [0.15, 0.2) is 6.10 Å². The van der Waals surface area contributed by atoms with Crippen LogP contribution >= 0.6 is 0 Å². The van der Waals surface area contributed by atoms with E-state index in [1.165, 1.54) is 24.3 Å². The summed E-state index contributed by atoms with van der Waals surface area (Å²) in [4.78, 5) is 34.4. The van der Waals surface area contributed by atoms with Gasteiger partial charge >= 0.3 is 12.1 Å². The molecule has 0 aromatic heterocycles. The fourth-order valence-electron chi connectivity index (χ4n) is 2.58. The van der Waals surface area contributed by atoms with Crippen LogP contribution in [0.4, 0.5) is 18.9 Å². The van der Waals surface area contributed by atoms with Gasteiger partial charge in [-0.1, -0.05) is 24.3 Å². The van der Waals surface area contributed by atoms with Crippen molar-refractivity contribution >= 4 is 17.6 Å². The number of nitrogens with one attached hydrogen (secondary N) is 1. The first kappa shape index (κ1) is 22.8. The van der Waals surface area contributed by atoms with E-state index < -0.39 is 40.7 Å². The number of hydrogen-bond acceptors (Lipinski definition) is 6. The van der Waals surface area contributed by atoms with Gasteiger partial charge in [0.25, 0.3) is 11.6 Å². The Morgan fingerprint density at radius 2 is 1.70 bits per heavy atom. The van der Waals surface area contributed by atoms with Gasteiger partial charge < -0.3 is 15.2 Å². The SMILES string of the molecule is COC(=O)[C@H](Cc1ccc([N+](=O)[O-])cc1)NC(=O)[C@@H](O)c1ccc(C(F)(F)F)cc1. The van der Waals surface area contributed by atoms with E-state index in [0.717, 1.165) is 31.4 Å². The van der Waals surface area contributed by atoms with Crippen LogP contribution in [0.3, 0.4) is 0 Å². The molecule has 2 rings (SSSR count). The fourth-order valence-corrected chi connectivity index (χ4v) is 2.58. The lowest BCUT2D eigenvalue weighted by molar-refractivity contribution is -0.384. The van der Waals surface area contributed by atoms with Gasteiger partial charge in [-0.25, -0.2) is 4.79 Å². The first-order chi connectivity index (χ1) is 14.0. The smallest absolute Gasteiger partial charge is 0.416 e. The number of methoxy groups -OCH3 is 1. The molecule has 0 spiro atoms. The molecular weight excluding hydrogens is 409 g/mol. The van der Waals surface area contributed by atoms with E-state index in [-0.39, 0.29) is 17.7 Å². The highest BCUT2D eigenvalue weighted by atomic mass is 19.4. The minimum atomic E-state index is -4.56. The summed E-state index contributed by atoms with van der Waals surface area (Å²) in [5, 5.41) is 23.1. The van der Waals surface area contributed by atoms with Gasteiger partial charge in [0.1, 0.15) is 6.04 Å². The summed E-state index contributed by atoms with van der Waals surface area (Å²) in [5.74, 6) is -1.85. The summed E-state index contributed by atoms with van der Waals surface area (Å²) in [6.45, 7) is 0. The maximum atomic E-state index is 12.6. The molecule has 0 bridgehead atoms. The zero-order valence-corrected chi connectivity index (χ0v) is 15.6. The van der Waals surface area contributed by atoms with Crippen LogP contribution in [-0.4, -0.2) is 35.1 Å². The monoisotopic (exact) mass is 426 g/mol. The summed E-state index contributed by atoms with van der Waals surface area (Å²) in [5.41, 5.74) is -0.723. The zero-order valence-electron chi connectivity index (χ0n) is 15.6. The molecule has 1 amide bonds. The lowest BCUT2D eigenvalue weighted by Crippen LogP contribution is -2.45. The number of benzene rings is 2. The van der Waals surface area contributed by atoms with Gasteiger partial charge in [0.2, 0.25) is 0 Å². The van der Waals surface area contributed by atoms with Crippen LogP contribution in [0.5, 0.6) is 0 Å². The molecule has 2 atom stereocenters. The molecule has 11 heteroatoms. The molecule has 0 unspecified atom stereocenters. The number of halogens is 3. The highest BCUT2D eigenvalue weighted by molar-refractivity contribution is 5.87. The number of ether oxygens (including phenoxy) is 1. The summed E-state index contributed by atoms with van der Waals surface area (Å²) in [6, 6.07) is 7.37. The van der Waals surface area contributed by atoms with Crippen molar-refractivity contribution in [2.45, 2.75) is 24.7 Å². The number of amides is 1. The average molecular weight is 426 g/mol. The maximum absolute atomic E-state index is 12.6. The zero-order chi connectivity index (χ0) is 22.5. The first-order valence-electron chi connectivity index (χ1n) is 8.49. The molecule has 2 aromatic rings. The molecule has 0 radical (unpaired) electrons. The standard InChI is InChI=1S/C19H17F3N2O6/c1-30-18(27)15(10-11-2-8-14(9-3-11)24(28)29)23-17(26)16(25)12-4-6-13(7-5-12)19(20,21)22/h2-9,15-16,25H,10H2,1H3,(H,23,26)/t15-,16-/m0/s1. The summed E-state index contributed by atoms with van der Waals surface area (Å²) in [7, 11) is 1.09. The predicted molar refractivity (Wildman–Crippen MR) is 97.2 cm³/mol. The van der Waals surface area contributed by atoms with E-state index in [4.69, 9.17) is 0 Å². The highest BCUT2D eigenvalue weighted by Gasteiger charge is 2.31. The van der Waals surface area contributed by atoms with E-state index in [2.05, 4.69) is 10.1 Å². The van der Waals surface area contributed by atoms with Crippen LogP contribution in [0.25, 0.3) is 0 Å². The number of rotatable bonds is 7. The third-order valence-electron chi connectivity index (χ3n) is 4.19. The van der Waals surface area contributed by atoms with Gasteiger partial charge in [-0.05, 0) is 23.3 Å². The van der Waals surface area contributed by atoms with Gasteiger partial charge in [-0.2, -0.15) is 13.2 Å². The molecule has 2 N–H and O–H groups in total. The number of nitro benzene ring substituents is 1. The molecule has 30 heavy (non-hydrogen) atoms. The molecule has 2 aromatic carbocycles. The minimum Gasteiger partial charge on any atom is -0.467 e. The molecule has 8 nitrogen and oxygen atoms in total. The Hall–Kier alpha value is -3.47. The Morgan fingerprint density at radius 3 is 2.17 bits per heavy atom. The Labute approximate surface area is 168 Å². The summed E-state index contributed by atoms with van der Waals surface area (Å²) >= 11 is 0. The molecule has 0 saturated carbocycles. The normalized spacial score (nSPS) is 13.2. The molecular formula is C19H17F3N2O6. The number of nitro groups is 1. The fraction of sp³-hybridized carbons (Fsp3) is 0.263. The Morgan fingerprint density at radius 1 is 1.13 bits per heavy atom. The molecule has 0 aliphatic carbocycles. The number of aliphatic hydroxyl groups is 1. The van der Waals surface area contributed by atoms with Crippen LogP contribution in [0.15, 0.2) is 48.5 Å². The lowest BCUT2D eigenvalue weighted by atomic mass is 10.0. The van der Waals surface area contributed by atoms with E-state index in [1.807, 2.05) is 0 Å². The number of esters is 1. The molecule has 0 aliphatic heterocycles. The van der Waals surface area contributed by atoms with Crippen molar-refractivity contribution in [2.75, 3.05) is 7.11 Å². The van der Waals surface area contributed by atoms with Crippen molar-refractivity contribution in [1.29, 1.82) is 0 Å². The van der Waals surface area contributed by atoms with Crippen LogP contribution < -0.4 is 5.32 Å². The number of hydrogen-bond donors (Lipinski definition) is 2. The van der Waals surface area contributed by atoms with Crippen molar-refractivity contribution in [3.8, 4) is 0 Å². The number of carbonyl (C=O) groups is 2. The largest absolute Gasteiger partial charge is 0.467 e. The van der Waals surface area contributed by atoms with Crippen molar-refractivity contribution in [3.05, 3.63) is 75.3 Å². The Balaban J connectivity index is 2.12. The lowest BCUT2D eigenvalue weighted by Gasteiger charge is -2.19. The number of alkyl halides is 3. The van der Waals surface area contributed by atoms with Crippen LogP contribution in [0, 0.1) is 10.1 Å². The predicted octanol–water partition coefficient (Wildman–Crippen LogP) is 2.55. The van der Waals surface area contributed by atoms with Crippen LogP contribution in [-0.2, 0) is 26.9 Å². The van der Waals surface area contributed by atoms with Gasteiger partial charge in [0, 0.05) is 18.6 Å². The summed E-state index contributed by atoms with van der Waals surface area (Å²) < 4.78 is 42.5. The Kier molecular flexibility index (Phi) is 7.11. The van der Waals surface area contributed by atoms with Crippen molar-refractivity contribution < 1.29 is 37.5 Å². The number of non-ortho nitro benzene ring substituents is 1. The second-order valence-corrected chi connectivity index (χ2v) is 6.23. The minimum absolute atomic E-state index is 0.0872. The third-order valence-corrected chi connectivity index (χ3v) is 4.19. The van der Waals surface area contributed by atoms with E-state index >= 15 is 0 Å². The third kappa shape index (κ3) is 5.77.